The molecule has 1 amide bonds. The van der Waals surface area contributed by atoms with Crippen LogP contribution in [-0.4, -0.2) is 18.5 Å². The summed E-state index contributed by atoms with van der Waals surface area (Å²) in [6.07, 6.45) is 7.25. The lowest BCUT2D eigenvalue weighted by Gasteiger charge is -2.37. The lowest BCUT2D eigenvalue weighted by molar-refractivity contribution is -0.117. The molecule has 1 unspecified atom stereocenters. The van der Waals surface area contributed by atoms with E-state index in [0.717, 1.165) is 25.1 Å². The number of anilines is 2. The van der Waals surface area contributed by atoms with Crippen LogP contribution in [0.4, 0.5) is 11.4 Å². The topological polar surface area (TPSA) is 32.3 Å². The van der Waals surface area contributed by atoms with Crippen molar-refractivity contribution < 1.29 is 4.79 Å². The molecule has 0 spiro atoms. The lowest BCUT2D eigenvalue weighted by atomic mass is 9.99. The summed E-state index contributed by atoms with van der Waals surface area (Å²) in [6.45, 7) is 3.43. The highest BCUT2D eigenvalue weighted by Gasteiger charge is 2.29. The van der Waals surface area contributed by atoms with Crippen LogP contribution in [0.25, 0.3) is 0 Å². The average molecular weight is 272 g/mol. The monoisotopic (exact) mass is 272 g/mol. The smallest absolute Gasteiger partial charge is 0.227 e. The summed E-state index contributed by atoms with van der Waals surface area (Å²) >= 11 is 0. The van der Waals surface area contributed by atoms with Crippen molar-refractivity contribution in [1.82, 2.24) is 0 Å². The van der Waals surface area contributed by atoms with E-state index in [4.69, 9.17) is 0 Å². The molecule has 1 aromatic carbocycles. The summed E-state index contributed by atoms with van der Waals surface area (Å²) in [6, 6.07) is 9.05. The van der Waals surface area contributed by atoms with Gasteiger partial charge in [0.1, 0.15) is 0 Å². The molecular weight excluding hydrogens is 248 g/mol. The molecule has 1 atom stereocenters. The standard InChI is InChI=1S/C17H24N2O/c1-2-15-5-3-4-12-19(15)16-10-8-14(9-11-16)18-17(20)13-6-7-13/h8-11,13,15H,2-7,12H2,1H3,(H,18,20). The second-order valence-corrected chi connectivity index (χ2v) is 6.06. The van der Waals surface area contributed by atoms with Crippen molar-refractivity contribution in [2.75, 3.05) is 16.8 Å². The summed E-state index contributed by atoms with van der Waals surface area (Å²) in [5.41, 5.74) is 2.22. The molecule has 3 heteroatoms. The molecule has 1 saturated heterocycles. The Morgan fingerprint density at radius 3 is 2.60 bits per heavy atom. The largest absolute Gasteiger partial charge is 0.369 e. The van der Waals surface area contributed by atoms with Crippen LogP contribution in [0.15, 0.2) is 24.3 Å². The van der Waals surface area contributed by atoms with Gasteiger partial charge >= 0.3 is 0 Å². The fourth-order valence-electron chi connectivity index (χ4n) is 3.09. The van der Waals surface area contributed by atoms with Crippen molar-refractivity contribution >= 4 is 17.3 Å². The highest BCUT2D eigenvalue weighted by atomic mass is 16.2. The molecular formula is C17H24N2O. The highest BCUT2D eigenvalue weighted by Crippen LogP contribution is 2.31. The summed E-state index contributed by atoms with van der Waals surface area (Å²) in [5, 5.41) is 3.00. The number of hydrogen-bond acceptors (Lipinski definition) is 2. The van der Waals surface area contributed by atoms with Gasteiger partial charge in [0.15, 0.2) is 0 Å². The first-order valence-electron chi connectivity index (χ1n) is 7.95. The minimum atomic E-state index is 0.183. The molecule has 1 aliphatic carbocycles. The molecule has 108 valence electrons. The van der Waals surface area contributed by atoms with Crippen LogP contribution in [0.3, 0.4) is 0 Å². The van der Waals surface area contributed by atoms with Crippen LogP contribution in [0.5, 0.6) is 0 Å². The van der Waals surface area contributed by atoms with Crippen molar-refractivity contribution in [3.8, 4) is 0 Å². The van der Waals surface area contributed by atoms with E-state index in [1.54, 1.807) is 0 Å². The minimum Gasteiger partial charge on any atom is -0.369 e. The maximum Gasteiger partial charge on any atom is 0.227 e. The van der Waals surface area contributed by atoms with Gasteiger partial charge in [-0.2, -0.15) is 0 Å². The van der Waals surface area contributed by atoms with Crippen molar-refractivity contribution in [2.24, 2.45) is 5.92 Å². The zero-order valence-corrected chi connectivity index (χ0v) is 12.3. The first-order valence-corrected chi connectivity index (χ1v) is 7.95. The molecule has 1 aliphatic heterocycles. The van der Waals surface area contributed by atoms with Crippen LogP contribution in [-0.2, 0) is 4.79 Å². The van der Waals surface area contributed by atoms with Crippen molar-refractivity contribution in [3.05, 3.63) is 24.3 Å². The molecule has 2 fully saturated rings. The maximum atomic E-state index is 11.7. The second kappa shape index (κ2) is 5.86. The number of benzene rings is 1. The number of carbonyl (C=O) groups excluding carboxylic acids is 1. The number of nitrogens with one attached hydrogen (secondary N) is 1. The van der Waals surface area contributed by atoms with E-state index in [2.05, 4.69) is 29.3 Å². The molecule has 1 aromatic rings. The maximum absolute atomic E-state index is 11.7. The van der Waals surface area contributed by atoms with Gasteiger partial charge in [-0.1, -0.05) is 6.92 Å². The summed E-state index contributed by atoms with van der Waals surface area (Å²) in [5.74, 6) is 0.448. The number of carbonyl (C=O) groups is 1. The Labute approximate surface area is 121 Å². The van der Waals surface area contributed by atoms with Crippen LogP contribution in [0.2, 0.25) is 0 Å². The van der Waals surface area contributed by atoms with E-state index in [9.17, 15) is 4.79 Å². The Morgan fingerprint density at radius 1 is 1.20 bits per heavy atom. The molecule has 0 aromatic heterocycles. The quantitative estimate of drug-likeness (QED) is 0.904. The van der Waals surface area contributed by atoms with E-state index in [0.29, 0.717) is 6.04 Å². The zero-order valence-electron chi connectivity index (χ0n) is 12.3. The first-order chi connectivity index (χ1) is 9.78. The number of rotatable bonds is 4. The van der Waals surface area contributed by atoms with Crippen LogP contribution in [0, 0.1) is 5.92 Å². The summed E-state index contributed by atoms with van der Waals surface area (Å²) in [7, 11) is 0. The molecule has 1 heterocycles. The van der Waals surface area contributed by atoms with Gasteiger partial charge in [-0.3, -0.25) is 4.79 Å². The summed E-state index contributed by atoms with van der Waals surface area (Å²) in [4.78, 5) is 14.3. The molecule has 3 nitrogen and oxygen atoms in total. The number of hydrogen-bond donors (Lipinski definition) is 1. The molecule has 0 radical (unpaired) electrons. The first kappa shape index (κ1) is 13.5. The van der Waals surface area contributed by atoms with Crippen LogP contribution >= 0.6 is 0 Å². The molecule has 3 rings (SSSR count). The van der Waals surface area contributed by atoms with Gasteiger partial charge in [-0.15, -0.1) is 0 Å². The minimum absolute atomic E-state index is 0.183. The van der Waals surface area contributed by atoms with E-state index < -0.39 is 0 Å². The van der Waals surface area contributed by atoms with Crippen molar-refractivity contribution in [2.45, 2.75) is 51.5 Å². The van der Waals surface area contributed by atoms with Gasteiger partial charge < -0.3 is 10.2 Å². The van der Waals surface area contributed by atoms with Crippen molar-refractivity contribution in [3.63, 3.8) is 0 Å². The highest BCUT2D eigenvalue weighted by molar-refractivity contribution is 5.94. The second-order valence-electron chi connectivity index (χ2n) is 6.06. The molecule has 1 N–H and O–H groups in total. The van der Waals surface area contributed by atoms with Crippen LogP contribution < -0.4 is 10.2 Å². The average Bonchev–Trinajstić information content (AvgIpc) is 3.33. The predicted molar refractivity (Wildman–Crippen MR) is 83.1 cm³/mol. The lowest BCUT2D eigenvalue weighted by Crippen LogP contribution is -2.39. The van der Waals surface area contributed by atoms with Gasteiger partial charge in [0.2, 0.25) is 5.91 Å². The molecule has 1 saturated carbocycles. The Kier molecular flexibility index (Phi) is 3.95. The third-order valence-electron chi connectivity index (χ3n) is 4.51. The Morgan fingerprint density at radius 2 is 1.95 bits per heavy atom. The van der Waals surface area contributed by atoms with Crippen molar-refractivity contribution in [1.29, 1.82) is 0 Å². The van der Waals surface area contributed by atoms with E-state index >= 15 is 0 Å². The number of nitrogens with zero attached hydrogens (tertiary/aromatic N) is 1. The predicted octanol–water partition coefficient (Wildman–Crippen LogP) is 3.80. The third kappa shape index (κ3) is 2.97. The molecule has 2 aliphatic rings. The van der Waals surface area contributed by atoms with E-state index in [1.165, 1.54) is 31.4 Å². The Bertz CT molecular complexity index is 464. The Balaban J connectivity index is 1.66. The zero-order chi connectivity index (χ0) is 13.9. The summed E-state index contributed by atoms with van der Waals surface area (Å²) < 4.78 is 0. The SMILES string of the molecule is CCC1CCCCN1c1ccc(NC(=O)C2CC2)cc1. The molecule has 20 heavy (non-hydrogen) atoms. The molecule has 0 bridgehead atoms. The normalized spacial score (nSPS) is 22.6. The van der Waals surface area contributed by atoms with E-state index in [-0.39, 0.29) is 11.8 Å². The third-order valence-corrected chi connectivity index (χ3v) is 4.51. The fraction of sp³-hybridized carbons (Fsp3) is 0.588. The number of amides is 1. The van der Waals surface area contributed by atoms with Gasteiger partial charge in [0.05, 0.1) is 0 Å². The fourth-order valence-corrected chi connectivity index (χ4v) is 3.09. The van der Waals surface area contributed by atoms with Gasteiger partial charge in [-0.25, -0.2) is 0 Å². The van der Waals surface area contributed by atoms with Gasteiger partial charge in [0, 0.05) is 29.9 Å². The number of piperidine rings is 1. The van der Waals surface area contributed by atoms with Gasteiger partial charge in [0.25, 0.3) is 0 Å². The Hall–Kier alpha value is -1.51. The van der Waals surface area contributed by atoms with Crippen LogP contribution in [0.1, 0.15) is 45.4 Å². The van der Waals surface area contributed by atoms with Gasteiger partial charge in [-0.05, 0) is 62.8 Å². The van der Waals surface area contributed by atoms with E-state index in [1.807, 2.05) is 12.1 Å².